The second-order valence-electron chi connectivity index (χ2n) is 8.39. The summed E-state index contributed by atoms with van der Waals surface area (Å²) in [6.07, 6.45) is -2.33. The van der Waals surface area contributed by atoms with Crippen LogP contribution in [0.2, 0.25) is 0 Å². The van der Waals surface area contributed by atoms with Gasteiger partial charge in [-0.1, -0.05) is 0 Å². The molecular weight excluding hydrogens is 444 g/mol. The molecule has 4 heterocycles. The van der Waals surface area contributed by atoms with Gasteiger partial charge in [-0.05, 0) is 0 Å². The van der Waals surface area contributed by atoms with Gasteiger partial charge in [-0.2, -0.15) is 0 Å². The molecule has 0 spiro atoms. The maximum Gasteiger partial charge on any atom is 0.252 e. The summed E-state index contributed by atoms with van der Waals surface area (Å²) < 4.78 is 7.19. The smallest absolute Gasteiger partial charge is 0.252 e. The van der Waals surface area contributed by atoms with Gasteiger partial charge in [0.15, 0.2) is 23.8 Å². The van der Waals surface area contributed by atoms with Gasteiger partial charge in [0.25, 0.3) is 5.91 Å². The van der Waals surface area contributed by atoms with Gasteiger partial charge in [0.1, 0.15) is 24.1 Å². The van der Waals surface area contributed by atoms with Gasteiger partial charge in [-0.3, -0.25) is 14.3 Å². The third-order valence-corrected chi connectivity index (χ3v) is 6.05. The number of anilines is 1. The highest BCUT2D eigenvalue weighted by Crippen LogP contribution is 2.32. The summed E-state index contributed by atoms with van der Waals surface area (Å²) in [7, 11) is 0. The summed E-state index contributed by atoms with van der Waals surface area (Å²) >= 11 is 0. The number of rotatable bonds is 5. The molecule has 4 unspecified atom stereocenters. The highest BCUT2D eigenvalue weighted by atomic mass is 16.6. The number of aliphatic hydroxyl groups is 2. The fraction of sp³-hybridized carbons (Fsp3) is 0.700. The molecule has 14 nitrogen and oxygen atoms in total. The molecule has 2 aromatic heterocycles. The number of nitrogens with two attached hydrogens (primary N) is 1. The Morgan fingerprint density at radius 3 is 2.44 bits per heavy atom. The molecule has 0 aromatic carbocycles. The van der Waals surface area contributed by atoms with Crippen molar-refractivity contribution in [3.8, 4) is 0 Å². The SMILES string of the molecule is Nc1ncnc2c1ncn2C1OC(C(=O)NCCN2CCNCCNCCNCC2)C(O)C1O. The summed E-state index contributed by atoms with van der Waals surface area (Å²) in [4.78, 5) is 27.2. The Hall–Kier alpha value is -2.46. The summed E-state index contributed by atoms with van der Waals surface area (Å²) in [6.45, 7) is 8.19. The van der Waals surface area contributed by atoms with Crippen LogP contribution in [0.25, 0.3) is 11.2 Å². The number of ether oxygens (including phenoxy) is 1. The molecule has 1 amide bonds. The Bertz CT molecular complexity index is 931. The van der Waals surface area contributed by atoms with E-state index in [0.717, 1.165) is 52.4 Å². The minimum Gasteiger partial charge on any atom is -0.387 e. The quantitative estimate of drug-likeness (QED) is 0.223. The number of imidazole rings is 1. The molecule has 2 aliphatic rings. The molecule has 0 aliphatic carbocycles. The maximum atomic E-state index is 12.8. The summed E-state index contributed by atoms with van der Waals surface area (Å²) in [5.41, 5.74) is 6.51. The zero-order valence-electron chi connectivity index (χ0n) is 19.1. The molecule has 0 bridgehead atoms. The molecule has 4 rings (SSSR count). The first-order valence-corrected chi connectivity index (χ1v) is 11.6. The molecular formula is C20H34N10O4. The summed E-state index contributed by atoms with van der Waals surface area (Å²) in [5.74, 6) is -0.292. The van der Waals surface area contributed by atoms with Crippen molar-refractivity contribution in [2.24, 2.45) is 0 Å². The molecule has 4 atom stereocenters. The molecule has 2 fully saturated rings. The first-order valence-electron chi connectivity index (χ1n) is 11.6. The van der Waals surface area contributed by atoms with Crippen LogP contribution >= 0.6 is 0 Å². The molecule has 2 aliphatic heterocycles. The predicted molar refractivity (Wildman–Crippen MR) is 124 cm³/mol. The van der Waals surface area contributed by atoms with Gasteiger partial charge in [0.2, 0.25) is 0 Å². The minimum absolute atomic E-state index is 0.190. The van der Waals surface area contributed by atoms with Gasteiger partial charge in [0, 0.05) is 65.4 Å². The largest absolute Gasteiger partial charge is 0.387 e. The van der Waals surface area contributed by atoms with Crippen molar-refractivity contribution < 1.29 is 19.7 Å². The predicted octanol–water partition coefficient (Wildman–Crippen LogP) is -3.77. The molecule has 2 saturated heterocycles. The maximum absolute atomic E-state index is 12.8. The van der Waals surface area contributed by atoms with Crippen molar-refractivity contribution >= 4 is 22.9 Å². The first-order chi connectivity index (χ1) is 16.6. The van der Waals surface area contributed by atoms with Gasteiger partial charge in [0.05, 0.1) is 6.33 Å². The number of nitrogen functional groups attached to an aromatic ring is 1. The van der Waals surface area contributed by atoms with Crippen molar-refractivity contribution in [2.45, 2.75) is 24.5 Å². The van der Waals surface area contributed by atoms with E-state index in [4.69, 9.17) is 10.5 Å². The van der Waals surface area contributed by atoms with Crippen LogP contribution in [0, 0.1) is 0 Å². The van der Waals surface area contributed by atoms with Crippen LogP contribution in [0.4, 0.5) is 5.82 Å². The Kier molecular flexibility index (Phi) is 8.55. The van der Waals surface area contributed by atoms with E-state index in [1.54, 1.807) is 0 Å². The van der Waals surface area contributed by atoms with Gasteiger partial charge in [-0.15, -0.1) is 0 Å². The molecule has 0 saturated carbocycles. The fourth-order valence-corrected chi connectivity index (χ4v) is 4.14. The highest BCUT2D eigenvalue weighted by molar-refractivity contribution is 5.82. The van der Waals surface area contributed by atoms with Crippen molar-refractivity contribution in [3.63, 3.8) is 0 Å². The van der Waals surface area contributed by atoms with Crippen LogP contribution in [-0.4, -0.2) is 124 Å². The number of nitrogens with one attached hydrogen (secondary N) is 4. The van der Waals surface area contributed by atoms with E-state index in [-0.39, 0.29) is 5.82 Å². The van der Waals surface area contributed by atoms with Crippen LogP contribution in [0.1, 0.15) is 6.23 Å². The second kappa shape index (κ2) is 11.8. The Morgan fingerprint density at radius 1 is 1.06 bits per heavy atom. The van der Waals surface area contributed by atoms with Gasteiger partial charge in [-0.25, -0.2) is 15.0 Å². The third-order valence-electron chi connectivity index (χ3n) is 6.05. The standard InChI is InChI=1S/C20H34N10O4/c21-17-13-18(27-11-26-17)30(12-28-13)20-15(32)14(31)16(34-20)19(33)25-7-10-29-8-5-23-3-1-22-2-4-24-6-9-29/h11-12,14-16,20,22-24,31-32H,1-10H2,(H,25,33)(H2,21,26,27). The van der Waals surface area contributed by atoms with Gasteiger partial charge >= 0.3 is 0 Å². The molecule has 2 aromatic rings. The van der Waals surface area contributed by atoms with E-state index in [9.17, 15) is 15.0 Å². The van der Waals surface area contributed by atoms with Crippen molar-refractivity contribution in [1.82, 2.24) is 45.7 Å². The average Bonchev–Trinajstić information content (AvgIpc) is 3.37. The van der Waals surface area contributed by atoms with Crippen LogP contribution in [0.5, 0.6) is 0 Å². The fourth-order valence-electron chi connectivity index (χ4n) is 4.14. The van der Waals surface area contributed by atoms with E-state index < -0.39 is 30.4 Å². The number of fused-ring (bicyclic) bond motifs is 1. The number of carbonyl (C=O) groups excluding carboxylic acids is 1. The van der Waals surface area contributed by atoms with E-state index in [0.29, 0.717) is 24.3 Å². The normalized spacial score (nSPS) is 27.8. The van der Waals surface area contributed by atoms with Crippen molar-refractivity contribution in [1.29, 1.82) is 0 Å². The molecule has 0 radical (unpaired) electrons. The van der Waals surface area contributed by atoms with Crippen LogP contribution < -0.4 is 27.0 Å². The lowest BCUT2D eigenvalue weighted by Crippen LogP contribution is -2.47. The summed E-state index contributed by atoms with van der Waals surface area (Å²) in [6, 6.07) is 0. The number of nitrogens with zero attached hydrogens (tertiary/aromatic N) is 5. The molecule has 14 heteroatoms. The number of carbonyl (C=O) groups is 1. The van der Waals surface area contributed by atoms with E-state index in [1.807, 2.05) is 0 Å². The molecule has 34 heavy (non-hydrogen) atoms. The molecule has 188 valence electrons. The zero-order chi connectivity index (χ0) is 23.9. The van der Waals surface area contributed by atoms with Gasteiger partial charge < -0.3 is 42.0 Å². The lowest BCUT2D eigenvalue weighted by molar-refractivity contribution is -0.137. The Morgan fingerprint density at radius 2 is 1.74 bits per heavy atom. The zero-order valence-corrected chi connectivity index (χ0v) is 19.1. The van der Waals surface area contributed by atoms with Crippen LogP contribution in [0.3, 0.4) is 0 Å². The monoisotopic (exact) mass is 478 g/mol. The average molecular weight is 479 g/mol. The first kappa shape index (κ1) is 24.7. The topological polar surface area (TPSA) is 188 Å². The highest BCUT2D eigenvalue weighted by Gasteiger charge is 2.47. The minimum atomic E-state index is -1.40. The molecule has 8 N–H and O–H groups in total. The van der Waals surface area contributed by atoms with E-state index in [2.05, 4.69) is 41.1 Å². The van der Waals surface area contributed by atoms with Crippen LogP contribution in [0.15, 0.2) is 12.7 Å². The third kappa shape index (κ3) is 5.78. The lowest BCUT2D eigenvalue weighted by atomic mass is 10.1. The Balaban J connectivity index is 1.30. The second-order valence-corrected chi connectivity index (χ2v) is 8.39. The number of amides is 1. The van der Waals surface area contributed by atoms with Crippen molar-refractivity contribution in [2.75, 3.05) is 71.2 Å². The number of aromatic nitrogens is 4. The van der Waals surface area contributed by atoms with E-state index >= 15 is 0 Å². The number of hydrogen-bond donors (Lipinski definition) is 7. The van der Waals surface area contributed by atoms with Crippen LogP contribution in [-0.2, 0) is 9.53 Å². The number of hydrogen-bond acceptors (Lipinski definition) is 12. The number of aliphatic hydroxyl groups excluding tert-OH is 2. The Labute approximate surface area is 197 Å². The summed E-state index contributed by atoms with van der Waals surface area (Å²) in [5, 5.41) is 34.0. The van der Waals surface area contributed by atoms with Crippen molar-refractivity contribution in [3.05, 3.63) is 12.7 Å². The van der Waals surface area contributed by atoms with E-state index in [1.165, 1.54) is 17.2 Å². The lowest BCUT2D eigenvalue weighted by Gasteiger charge is -2.24.